The van der Waals surface area contributed by atoms with Crippen molar-refractivity contribution in [1.82, 2.24) is 19.5 Å². The number of hydrogen-bond acceptors (Lipinski definition) is 12. The zero-order valence-corrected chi connectivity index (χ0v) is 16.3. The first-order chi connectivity index (χ1) is 13.2. The number of aliphatic carboxylic acids is 1. The van der Waals surface area contributed by atoms with Gasteiger partial charge in [0, 0.05) is 0 Å². The molecule has 4 rings (SSSR count). The standard InChI is InChI=1S/C12H14N5O8PS2/c13-11-15-8-5(9(21)16-11)14-12(28-2-4(18)19)17(8)10-6(20)7-3(24-10)1-23-26(22,27)25-7/h3,6-7,10,20H,1-2H2,(H,18,19)(H,22,27)(H3,13,15,16,21)/p-1/t3?,6?,7-,10-,26?/m1/s1. The van der Waals surface area contributed by atoms with E-state index >= 15 is 0 Å². The minimum Gasteiger partial charge on any atom is -0.780 e. The SMILES string of the molecule is Nc1nc2c(nc(SCC(=O)O)n2[C@@H]2OC3COP([O-])(=S)O[C@H]3C2O)c(=O)[nH]1. The summed E-state index contributed by atoms with van der Waals surface area (Å²) >= 11 is 5.50. The van der Waals surface area contributed by atoms with Crippen LogP contribution >= 0.6 is 18.5 Å². The third kappa shape index (κ3) is 3.44. The number of aromatic nitrogens is 4. The highest BCUT2D eigenvalue weighted by Gasteiger charge is 2.50. The first-order valence-corrected chi connectivity index (χ1v) is 11.3. The highest BCUT2D eigenvalue weighted by atomic mass is 32.5. The van der Waals surface area contributed by atoms with Crippen LogP contribution in [0.2, 0.25) is 0 Å². The molecule has 0 aliphatic carbocycles. The lowest BCUT2D eigenvalue weighted by Gasteiger charge is -2.38. The van der Waals surface area contributed by atoms with Crippen LogP contribution in [0.15, 0.2) is 9.95 Å². The van der Waals surface area contributed by atoms with Crippen LogP contribution in [0.5, 0.6) is 0 Å². The number of carboxylic acids is 1. The largest absolute Gasteiger partial charge is 0.780 e. The van der Waals surface area contributed by atoms with E-state index in [4.69, 9.17) is 36.4 Å². The van der Waals surface area contributed by atoms with Crippen LogP contribution < -0.4 is 16.2 Å². The zero-order valence-electron chi connectivity index (χ0n) is 13.8. The van der Waals surface area contributed by atoms with E-state index in [0.29, 0.717) is 0 Å². The van der Waals surface area contributed by atoms with Gasteiger partial charge in [0.15, 0.2) is 22.5 Å². The monoisotopic (exact) mass is 450 g/mol. The number of fused-ring (bicyclic) bond motifs is 2. The van der Waals surface area contributed by atoms with Crippen LogP contribution in [0, 0.1) is 0 Å². The number of nitrogens with zero attached hydrogens (tertiary/aromatic N) is 3. The summed E-state index contributed by atoms with van der Waals surface area (Å²) in [7, 11) is 0. The summed E-state index contributed by atoms with van der Waals surface area (Å²) in [4.78, 5) is 45.5. The normalized spacial score (nSPS) is 32.5. The molecular formula is C12H13N5O8PS2-. The molecule has 16 heteroatoms. The van der Waals surface area contributed by atoms with Gasteiger partial charge in [0.2, 0.25) is 5.95 Å². The number of anilines is 1. The predicted octanol–water partition coefficient (Wildman–Crippen LogP) is -1.86. The van der Waals surface area contributed by atoms with Crippen LogP contribution in [0.25, 0.3) is 11.2 Å². The summed E-state index contributed by atoms with van der Waals surface area (Å²) in [6.07, 6.45) is -4.38. The number of nitrogens with two attached hydrogens (primary N) is 1. The zero-order chi connectivity index (χ0) is 20.2. The highest BCUT2D eigenvalue weighted by Crippen LogP contribution is 2.50. The van der Waals surface area contributed by atoms with Crippen molar-refractivity contribution in [3.8, 4) is 0 Å². The molecule has 0 radical (unpaired) electrons. The smallest absolute Gasteiger partial charge is 0.313 e. The number of imidazole rings is 1. The molecule has 2 aliphatic heterocycles. The van der Waals surface area contributed by atoms with Gasteiger partial charge in [-0.25, -0.2) is 4.98 Å². The number of thioether (sulfide) groups is 1. The van der Waals surface area contributed by atoms with Gasteiger partial charge in [-0.05, 0) is 0 Å². The lowest BCUT2D eigenvalue weighted by Crippen LogP contribution is -2.41. The molecule has 2 aromatic heterocycles. The molecule has 3 unspecified atom stereocenters. The van der Waals surface area contributed by atoms with E-state index in [2.05, 4.69) is 15.0 Å². The Morgan fingerprint density at radius 3 is 3.00 bits per heavy atom. The Hall–Kier alpha value is -1.58. The minimum atomic E-state index is -3.75. The van der Waals surface area contributed by atoms with Crippen molar-refractivity contribution < 1.29 is 33.7 Å². The second-order valence-electron chi connectivity index (χ2n) is 5.94. The van der Waals surface area contributed by atoms with Gasteiger partial charge < -0.3 is 34.6 Å². The Bertz CT molecular complexity index is 1060. The number of aromatic amines is 1. The molecule has 0 bridgehead atoms. The molecule has 5 N–H and O–H groups in total. The number of aliphatic hydroxyl groups excluding tert-OH is 1. The molecule has 0 aromatic carbocycles. The molecule has 152 valence electrons. The minimum absolute atomic E-state index is 0.0145. The van der Waals surface area contributed by atoms with E-state index in [1.165, 1.54) is 4.57 Å². The Kier molecular flexibility index (Phi) is 4.96. The molecule has 2 aliphatic rings. The van der Waals surface area contributed by atoms with Gasteiger partial charge in [-0.1, -0.05) is 23.6 Å². The Balaban J connectivity index is 1.80. The summed E-state index contributed by atoms with van der Waals surface area (Å²) in [5.41, 5.74) is 4.84. The van der Waals surface area contributed by atoms with Crippen molar-refractivity contribution in [2.75, 3.05) is 18.1 Å². The molecule has 5 atom stereocenters. The van der Waals surface area contributed by atoms with Crippen LogP contribution in [0.1, 0.15) is 6.23 Å². The van der Waals surface area contributed by atoms with Crippen molar-refractivity contribution in [1.29, 1.82) is 0 Å². The van der Waals surface area contributed by atoms with Crippen molar-refractivity contribution in [2.45, 2.75) is 29.7 Å². The summed E-state index contributed by atoms with van der Waals surface area (Å²) in [5.74, 6) is -1.68. The maximum Gasteiger partial charge on any atom is 0.313 e. The molecule has 0 amide bonds. The maximum absolute atomic E-state index is 12.2. The van der Waals surface area contributed by atoms with Crippen LogP contribution in [0.3, 0.4) is 0 Å². The quantitative estimate of drug-likeness (QED) is 0.299. The number of H-pyrrole nitrogens is 1. The highest BCUT2D eigenvalue weighted by molar-refractivity contribution is 8.06. The Morgan fingerprint density at radius 1 is 1.54 bits per heavy atom. The summed E-state index contributed by atoms with van der Waals surface area (Å²) in [6.45, 7) is -3.92. The van der Waals surface area contributed by atoms with E-state index in [1.807, 2.05) is 0 Å². The van der Waals surface area contributed by atoms with Crippen molar-refractivity contribution in [2.24, 2.45) is 0 Å². The van der Waals surface area contributed by atoms with Gasteiger partial charge in [0.1, 0.15) is 25.0 Å². The number of ether oxygens (including phenoxy) is 1. The van der Waals surface area contributed by atoms with Gasteiger partial charge in [0.25, 0.3) is 5.56 Å². The van der Waals surface area contributed by atoms with E-state index in [9.17, 15) is 19.6 Å². The number of aliphatic hydroxyl groups is 1. The topological polar surface area (TPSA) is 198 Å². The Morgan fingerprint density at radius 2 is 2.29 bits per heavy atom. The summed E-state index contributed by atoms with van der Waals surface area (Å²) in [5, 5.41) is 19.7. The summed E-state index contributed by atoms with van der Waals surface area (Å²) in [6, 6.07) is 0. The molecule has 2 aromatic rings. The Labute approximate surface area is 165 Å². The first-order valence-electron chi connectivity index (χ1n) is 7.76. The van der Waals surface area contributed by atoms with Crippen LogP contribution in [-0.2, 0) is 30.4 Å². The van der Waals surface area contributed by atoms with Gasteiger partial charge in [-0.2, -0.15) is 4.98 Å². The van der Waals surface area contributed by atoms with Crippen LogP contribution in [0.4, 0.5) is 5.95 Å². The van der Waals surface area contributed by atoms with Crippen molar-refractivity contribution in [3.05, 3.63) is 10.4 Å². The molecule has 13 nitrogen and oxygen atoms in total. The van der Waals surface area contributed by atoms with E-state index in [-0.39, 0.29) is 34.6 Å². The molecule has 0 saturated carbocycles. The number of hydrogen-bond donors (Lipinski definition) is 4. The number of rotatable bonds is 4. The van der Waals surface area contributed by atoms with Crippen molar-refractivity contribution >= 4 is 53.4 Å². The summed E-state index contributed by atoms with van der Waals surface area (Å²) < 4.78 is 17.1. The maximum atomic E-state index is 12.2. The molecular weight excluding hydrogens is 437 g/mol. The number of nitrogens with one attached hydrogen (secondary N) is 1. The van der Waals surface area contributed by atoms with E-state index in [0.717, 1.165) is 11.8 Å². The number of carboxylic acid groups (broad SMARTS) is 1. The molecule has 28 heavy (non-hydrogen) atoms. The second-order valence-corrected chi connectivity index (χ2v) is 9.59. The van der Waals surface area contributed by atoms with Gasteiger partial charge in [-0.3, -0.25) is 19.1 Å². The van der Waals surface area contributed by atoms with Crippen molar-refractivity contribution in [3.63, 3.8) is 0 Å². The fourth-order valence-corrected chi connectivity index (χ4v) is 5.15. The lowest BCUT2D eigenvalue weighted by atomic mass is 10.1. The average molecular weight is 450 g/mol. The third-order valence-electron chi connectivity index (χ3n) is 4.07. The fourth-order valence-electron chi connectivity index (χ4n) is 2.98. The van der Waals surface area contributed by atoms with Gasteiger partial charge >= 0.3 is 5.97 Å². The first kappa shape index (κ1) is 19.7. The predicted molar refractivity (Wildman–Crippen MR) is 95.9 cm³/mol. The molecule has 4 heterocycles. The lowest BCUT2D eigenvalue weighted by molar-refractivity contribution is -0.227. The molecule has 2 fully saturated rings. The fraction of sp³-hybridized carbons (Fsp3) is 0.500. The second kappa shape index (κ2) is 7.03. The third-order valence-corrected chi connectivity index (χ3v) is 6.55. The van der Waals surface area contributed by atoms with Crippen LogP contribution in [-0.4, -0.2) is 66.4 Å². The molecule has 2 saturated heterocycles. The number of nitrogen functional groups attached to an aromatic ring is 1. The van der Waals surface area contributed by atoms with E-state index < -0.39 is 42.8 Å². The van der Waals surface area contributed by atoms with Gasteiger partial charge in [0.05, 0.1) is 12.4 Å². The average Bonchev–Trinajstić information content (AvgIpc) is 3.10. The van der Waals surface area contributed by atoms with E-state index in [1.54, 1.807) is 0 Å². The number of carbonyl (C=O) groups is 1. The molecule has 0 spiro atoms. The van der Waals surface area contributed by atoms with Gasteiger partial charge in [-0.15, -0.1) is 0 Å².